The summed E-state index contributed by atoms with van der Waals surface area (Å²) in [6, 6.07) is 25.8. The number of aromatic nitrogens is 3. The molecule has 0 atom stereocenters. The normalized spacial score (nSPS) is 11.3. The summed E-state index contributed by atoms with van der Waals surface area (Å²) < 4.78 is 0. The number of nitrogens with one attached hydrogen (secondary N) is 2. The highest BCUT2D eigenvalue weighted by molar-refractivity contribution is 7.99. The summed E-state index contributed by atoms with van der Waals surface area (Å²) >= 11 is 1.56. The van der Waals surface area contributed by atoms with E-state index in [2.05, 4.69) is 51.7 Å². The summed E-state index contributed by atoms with van der Waals surface area (Å²) in [4.78, 5) is 19.5. The molecule has 0 aliphatic heterocycles. The van der Waals surface area contributed by atoms with Crippen LogP contribution in [0.2, 0.25) is 0 Å². The fraction of sp³-hybridized carbons (Fsp3) is 0.100. The van der Waals surface area contributed by atoms with Crippen LogP contribution in [-0.4, -0.2) is 21.1 Å². The molecule has 3 aromatic carbocycles. The van der Waals surface area contributed by atoms with E-state index in [4.69, 9.17) is 0 Å². The topological polar surface area (TPSA) is 70.7 Å². The van der Waals surface area contributed by atoms with Crippen LogP contribution < -0.4 is 5.32 Å². The lowest BCUT2D eigenvalue weighted by Gasteiger charge is -2.14. The van der Waals surface area contributed by atoms with Gasteiger partial charge in [0, 0.05) is 27.1 Å². The van der Waals surface area contributed by atoms with Crippen LogP contribution in [0.3, 0.4) is 0 Å². The van der Waals surface area contributed by atoms with E-state index in [-0.39, 0.29) is 5.91 Å². The number of nitrogens with zero attached hydrogens (tertiary/aromatic N) is 2. The summed E-state index contributed by atoms with van der Waals surface area (Å²) in [7, 11) is 0. The molecule has 5 aromatic rings. The molecule has 178 valence electrons. The third kappa shape index (κ3) is 5.09. The minimum absolute atomic E-state index is 0.105. The number of amides is 1. The number of para-hydroxylation sites is 1. The molecule has 0 aliphatic rings. The summed E-state index contributed by atoms with van der Waals surface area (Å²) in [6.45, 7) is 4.12. The van der Waals surface area contributed by atoms with Crippen molar-refractivity contribution in [1.82, 2.24) is 15.2 Å². The molecule has 0 bridgehead atoms. The van der Waals surface area contributed by atoms with Crippen LogP contribution in [0.4, 0.5) is 5.69 Å². The second-order valence-electron chi connectivity index (χ2n) is 8.42. The van der Waals surface area contributed by atoms with Gasteiger partial charge in [0.1, 0.15) is 0 Å². The summed E-state index contributed by atoms with van der Waals surface area (Å²) in [6.07, 6.45) is 6.54. The number of carbonyl (C=O) groups excluding carboxylic acids is 1. The first-order valence-corrected chi connectivity index (χ1v) is 12.7. The number of aryl methyl sites for hydroxylation is 2. The lowest BCUT2D eigenvalue weighted by atomic mass is 10.1. The highest BCUT2D eigenvalue weighted by atomic mass is 32.2. The molecular weight excluding hydrogens is 464 g/mol. The largest absolute Gasteiger partial charge is 0.321 e. The first-order chi connectivity index (χ1) is 17.6. The Balaban J connectivity index is 1.38. The molecule has 6 heteroatoms. The summed E-state index contributed by atoms with van der Waals surface area (Å²) in [5.74, 6) is -0.105. The van der Waals surface area contributed by atoms with Crippen LogP contribution in [0.15, 0.2) is 94.9 Å². The molecule has 0 saturated heterocycles. The van der Waals surface area contributed by atoms with Crippen LogP contribution in [0.25, 0.3) is 23.1 Å². The smallest absolute Gasteiger partial charge is 0.256 e. The second-order valence-corrected chi connectivity index (χ2v) is 9.53. The molecule has 5 rings (SSSR count). The first kappa shape index (κ1) is 23.6. The Hall–Kier alpha value is -4.16. The van der Waals surface area contributed by atoms with E-state index in [9.17, 15) is 4.79 Å². The average molecular weight is 491 g/mol. The van der Waals surface area contributed by atoms with Crippen molar-refractivity contribution in [2.24, 2.45) is 0 Å². The highest BCUT2D eigenvalue weighted by Crippen LogP contribution is 2.33. The van der Waals surface area contributed by atoms with Crippen molar-refractivity contribution in [3.63, 3.8) is 0 Å². The average Bonchev–Trinajstić information content (AvgIpc) is 3.31. The van der Waals surface area contributed by atoms with E-state index in [0.29, 0.717) is 5.56 Å². The van der Waals surface area contributed by atoms with Gasteiger partial charge in [0.15, 0.2) is 0 Å². The minimum Gasteiger partial charge on any atom is -0.321 e. The van der Waals surface area contributed by atoms with Gasteiger partial charge in [-0.2, -0.15) is 5.10 Å². The third-order valence-corrected chi connectivity index (χ3v) is 7.07. The molecule has 5 nitrogen and oxygen atoms in total. The van der Waals surface area contributed by atoms with E-state index in [1.54, 1.807) is 18.0 Å². The van der Waals surface area contributed by atoms with Crippen molar-refractivity contribution in [2.45, 2.75) is 30.1 Å². The van der Waals surface area contributed by atoms with Gasteiger partial charge in [-0.15, -0.1) is 0 Å². The Morgan fingerprint density at radius 3 is 2.69 bits per heavy atom. The Bertz CT molecular complexity index is 1560. The van der Waals surface area contributed by atoms with Crippen molar-refractivity contribution < 1.29 is 4.79 Å². The Morgan fingerprint density at radius 2 is 1.86 bits per heavy atom. The van der Waals surface area contributed by atoms with Gasteiger partial charge in [-0.3, -0.25) is 14.9 Å². The predicted molar refractivity (Wildman–Crippen MR) is 148 cm³/mol. The molecule has 0 aliphatic carbocycles. The quantitative estimate of drug-likeness (QED) is 0.249. The van der Waals surface area contributed by atoms with Crippen molar-refractivity contribution in [3.05, 3.63) is 113 Å². The lowest BCUT2D eigenvalue weighted by molar-refractivity contribution is 0.102. The molecule has 36 heavy (non-hydrogen) atoms. The first-order valence-electron chi connectivity index (χ1n) is 11.9. The maximum atomic E-state index is 13.3. The monoisotopic (exact) mass is 490 g/mol. The van der Waals surface area contributed by atoms with Gasteiger partial charge in [0.25, 0.3) is 5.91 Å². The number of benzene rings is 3. The SMILES string of the molecule is CCc1cccc(C)c1NC(=O)c1ccccc1Sc1ccc2c(/C=C/c3ccccn3)n[nH]c2c1. The van der Waals surface area contributed by atoms with Gasteiger partial charge < -0.3 is 5.32 Å². The number of fused-ring (bicyclic) bond motifs is 1. The summed E-state index contributed by atoms with van der Waals surface area (Å²) in [5, 5.41) is 11.8. The van der Waals surface area contributed by atoms with Crippen molar-refractivity contribution in [1.29, 1.82) is 0 Å². The Morgan fingerprint density at radius 1 is 1.00 bits per heavy atom. The van der Waals surface area contributed by atoms with Crippen LogP contribution in [-0.2, 0) is 6.42 Å². The number of rotatable bonds is 7. The molecule has 0 unspecified atom stereocenters. The number of H-pyrrole nitrogens is 1. The van der Waals surface area contributed by atoms with Gasteiger partial charge in [-0.05, 0) is 79.1 Å². The van der Waals surface area contributed by atoms with Crippen molar-refractivity contribution in [3.8, 4) is 0 Å². The maximum Gasteiger partial charge on any atom is 0.256 e. The zero-order chi connectivity index (χ0) is 24.9. The molecule has 0 fully saturated rings. The molecule has 0 spiro atoms. The van der Waals surface area contributed by atoms with E-state index in [0.717, 1.165) is 55.3 Å². The number of carbonyl (C=O) groups is 1. The molecule has 1 amide bonds. The van der Waals surface area contributed by atoms with Crippen LogP contribution in [0, 0.1) is 6.92 Å². The number of anilines is 1. The van der Waals surface area contributed by atoms with Gasteiger partial charge >= 0.3 is 0 Å². The fourth-order valence-electron chi connectivity index (χ4n) is 4.10. The molecule has 0 radical (unpaired) electrons. The van der Waals surface area contributed by atoms with Crippen LogP contribution in [0.5, 0.6) is 0 Å². The standard InChI is InChI=1S/C30H26N4OS/c1-3-21-10-8-9-20(2)29(21)32-30(35)25-12-4-5-13-28(25)36-23-15-16-24-26(33-34-27(24)19-23)17-14-22-11-6-7-18-31-22/h4-19H,3H2,1-2H3,(H,32,35)(H,33,34)/b17-14+. The van der Waals surface area contributed by atoms with Gasteiger partial charge in [0.2, 0.25) is 0 Å². The number of aromatic amines is 1. The molecule has 0 saturated carbocycles. The van der Waals surface area contributed by atoms with E-state index in [1.807, 2.05) is 73.7 Å². The van der Waals surface area contributed by atoms with Crippen molar-refractivity contribution in [2.75, 3.05) is 5.32 Å². The van der Waals surface area contributed by atoms with Crippen LogP contribution in [0.1, 0.15) is 39.8 Å². The predicted octanol–water partition coefficient (Wildman–Crippen LogP) is 7.40. The zero-order valence-electron chi connectivity index (χ0n) is 20.2. The van der Waals surface area contributed by atoms with Gasteiger partial charge in [-0.25, -0.2) is 0 Å². The van der Waals surface area contributed by atoms with Gasteiger partial charge in [0.05, 0.1) is 22.5 Å². The van der Waals surface area contributed by atoms with Crippen molar-refractivity contribution >= 4 is 46.4 Å². The van der Waals surface area contributed by atoms with E-state index < -0.39 is 0 Å². The third-order valence-electron chi connectivity index (χ3n) is 6.00. The molecular formula is C30H26N4OS. The minimum atomic E-state index is -0.105. The van der Waals surface area contributed by atoms with E-state index in [1.165, 1.54) is 0 Å². The lowest BCUT2D eigenvalue weighted by Crippen LogP contribution is -2.15. The maximum absolute atomic E-state index is 13.3. The fourth-order valence-corrected chi connectivity index (χ4v) is 5.09. The molecule has 2 heterocycles. The van der Waals surface area contributed by atoms with E-state index >= 15 is 0 Å². The number of pyridine rings is 1. The number of hydrogen-bond donors (Lipinski definition) is 2. The number of hydrogen-bond acceptors (Lipinski definition) is 4. The molecule has 2 N–H and O–H groups in total. The van der Waals surface area contributed by atoms with Crippen LogP contribution >= 0.6 is 11.8 Å². The Kier molecular flexibility index (Phi) is 6.96. The second kappa shape index (κ2) is 10.6. The van der Waals surface area contributed by atoms with Gasteiger partial charge in [-0.1, -0.05) is 55.1 Å². The zero-order valence-corrected chi connectivity index (χ0v) is 21.0. The molecule has 2 aromatic heterocycles. The highest BCUT2D eigenvalue weighted by Gasteiger charge is 2.15. The Labute approximate surface area is 214 Å². The summed E-state index contributed by atoms with van der Waals surface area (Å²) in [5.41, 5.74) is 6.42.